The van der Waals surface area contributed by atoms with Crippen molar-refractivity contribution in [2.24, 2.45) is 0 Å². The minimum atomic E-state index is -4.31. The van der Waals surface area contributed by atoms with E-state index in [1.165, 1.54) is 18.1 Å². The Kier molecular flexibility index (Phi) is 4.75. The summed E-state index contributed by atoms with van der Waals surface area (Å²) in [5.41, 5.74) is 2.51. The van der Waals surface area contributed by atoms with Crippen LogP contribution in [0.2, 0.25) is 0 Å². The number of alkyl halides is 3. The number of hydrogen-bond acceptors (Lipinski definition) is 3. The van der Waals surface area contributed by atoms with Crippen LogP contribution in [0.15, 0.2) is 30.5 Å². The molecule has 0 saturated carbocycles. The average Bonchev–Trinajstić information content (AvgIpc) is 2.28. The van der Waals surface area contributed by atoms with Crippen LogP contribution in [-0.4, -0.2) is 12.5 Å². The molecule has 1 aromatic rings. The van der Waals surface area contributed by atoms with Crippen LogP contribution in [0.1, 0.15) is 11.1 Å². The van der Waals surface area contributed by atoms with Crippen LogP contribution < -0.4 is 5.48 Å². The topological polar surface area (TPSA) is 38.3 Å². The fraction of sp³-hybridized carbons (Fsp3) is 0.273. The lowest BCUT2D eigenvalue weighted by molar-refractivity contribution is -0.137. The van der Waals surface area contributed by atoms with Gasteiger partial charge in [0, 0.05) is 6.54 Å². The van der Waals surface area contributed by atoms with Gasteiger partial charge in [-0.15, -0.1) is 0 Å². The van der Waals surface area contributed by atoms with Crippen LogP contribution >= 0.6 is 0 Å². The van der Waals surface area contributed by atoms with E-state index in [4.69, 9.17) is 0 Å². The Hall–Kier alpha value is -1.78. The van der Waals surface area contributed by atoms with Crippen molar-refractivity contribution >= 4 is 5.94 Å². The molecule has 0 heterocycles. The lowest BCUT2D eigenvalue weighted by atomic mass is 10.1. The van der Waals surface area contributed by atoms with E-state index in [0.29, 0.717) is 13.0 Å². The van der Waals surface area contributed by atoms with Crippen molar-refractivity contribution in [1.82, 2.24) is 5.48 Å². The Bertz CT molecular complexity index is 394. The summed E-state index contributed by atoms with van der Waals surface area (Å²) in [6, 6.07) is 4.86. The van der Waals surface area contributed by atoms with Gasteiger partial charge in [-0.1, -0.05) is 12.1 Å². The van der Waals surface area contributed by atoms with E-state index >= 15 is 0 Å². The summed E-state index contributed by atoms with van der Waals surface area (Å²) in [4.78, 5) is 14.2. The highest BCUT2D eigenvalue weighted by Crippen LogP contribution is 2.29. The second kappa shape index (κ2) is 6.08. The molecule has 0 bridgehead atoms. The molecule has 0 aliphatic carbocycles. The zero-order chi connectivity index (χ0) is 12.7. The fourth-order valence-electron chi connectivity index (χ4n) is 1.18. The van der Waals surface area contributed by atoms with Crippen LogP contribution in [-0.2, 0) is 22.2 Å². The van der Waals surface area contributed by atoms with E-state index in [2.05, 4.69) is 10.3 Å². The van der Waals surface area contributed by atoms with E-state index < -0.39 is 11.7 Å². The van der Waals surface area contributed by atoms with Gasteiger partial charge in [0.25, 0.3) is 0 Å². The lowest BCUT2D eigenvalue weighted by Crippen LogP contribution is -2.15. The molecule has 1 aromatic carbocycles. The van der Waals surface area contributed by atoms with E-state index in [9.17, 15) is 18.0 Å². The van der Waals surface area contributed by atoms with Gasteiger partial charge in [0.15, 0.2) is 12.2 Å². The Morgan fingerprint density at radius 3 is 2.47 bits per heavy atom. The van der Waals surface area contributed by atoms with Gasteiger partial charge < -0.3 is 4.84 Å². The molecule has 0 spiro atoms. The molecule has 3 nitrogen and oxygen atoms in total. The first kappa shape index (κ1) is 13.3. The maximum absolute atomic E-state index is 12.2. The smallest absolute Gasteiger partial charge is 0.405 e. The molecular formula is C11H10F3NO2. The number of rotatable bonds is 5. The number of hydroxylamine groups is 1. The van der Waals surface area contributed by atoms with Gasteiger partial charge >= 0.3 is 6.18 Å². The van der Waals surface area contributed by atoms with E-state index in [1.54, 1.807) is 0 Å². The van der Waals surface area contributed by atoms with Gasteiger partial charge in [-0.25, -0.2) is 4.79 Å². The molecule has 92 valence electrons. The van der Waals surface area contributed by atoms with E-state index in [0.717, 1.165) is 24.0 Å². The fourth-order valence-corrected chi connectivity index (χ4v) is 1.18. The average molecular weight is 245 g/mol. The predicted octanol–water partition coefficient (Wildman–Crippen LogP) is 2.11. The summed E-state index contributed by atoms with van der Waals surface area (Å²) in [7, 11) is 0. The Balaban J connectivity index is 2.43. The molecule has 0 saturated heterocycles. The Morgan fingerprint density at radius 2 is 1.94 bits per heavy atom. The summed E-state index contributed by atoms with van der Waals surface area (Å²) in [5.74, 6) is 1.41. The second-order valence-electron chi connectivity index (χ2n) is 3.19. The summed E-state index contributed by atoms with van der Waals surface area (Å²) < 4.78 is 36.7. The largest absolute Gasteiger partial charge is 0.416 e. The van der Waals surface area contributed by atoms with Gasteiger partial charge in [0.05, 0.1) is 5.56 Å². The van der Waals surface area contributed by atoms with Crippen LogP contribution in [0.5, 0.6) is 0 Å². The third-order valence-electron chi connectivity index (χ3n) is 1.99. The van der Waals surface area contributed by atoms with E-state index in [1.807, 2.05) is 0 Å². The number of nitrogens with one attached hydrogen (secondary N) is 1. The molecule has 0 radical (unpaired) electrons. The standard InChI is InChI=1S/C11H10F3NO2/c12-11(13,14)10-3-1-9(2-4-10)5-6-15-17-8-7-16/h1-4,8,15H,5-6H2. The van der Waals surface area contributed by atoms with Crippen molar-refractivity contribution in [3.8, 4) is 0 Å². The van der Waals surface area contributed by atoms with Gasteiger partial charge in [0.2, 0.25) is 0 Å². The maximum atomic E-state index is 12.2. The van der Waals surface area contributed by atoms with Crippen molar-refractivity contribution in [3.05, 3.63) is 41.7 Å². The first-order valence-corrected chi connectivity index (χ1v) is 4.78. The van der Waals surface area contributed by atoms with Crippen molar-refractivity contribution in [3.63, 3.8) is 0 Å². The molecule has 0 amide bonds. The molecule has 0 atom stereocenters. The lowest BCUT2D eigenvalue weighted by Gasteiger charge is -2.07. The summed E-state index contributed by atoms with van der Waals surface area (Å²) in [6.07, 6.45) is -3.01. The van der Waals surface area contributed by atoms with Crippen LogP contribution in [0.3, 0.4) is 0 Å². The third-order valence-corrected chi connectivity index (χ3v) is 1.99. The highest BCUT2D eigenvalue weighted by molar-refractivity contribution is 5.42. The van der Waals surface area contributed by atoms with E-state index in [-0.39, 0.29) is 0 Å². The zero-order valence-electron chi connectivity index (χ0n) is 8.75. The Morgan fingerprint density at radius 1 is 1.29 bits per heavy atom. The molecule has 0 aromatic heterocycles. The van der Waals surface area contributed by atoms with Gasteiger partial charge in [-0.3, -0.25) is 0 Å². The predicted molar refractivity (Wildman–Crippen MR) is 54.5 cm³/mol. The highest BCUT2D eigenvalue weighted by atomic mass is 19.4. The quantitative estimate of drug-likeness (QED) is 0.374. The monoisotopic (exact) mass is 245 g/mol. The number of benzene rings is 1. The molecule has 17 heavy (non-hydrogen) atoms. The minimum Gasteiger partial charge on any atom is -0.405 e. The van der Waals surface area contributed by atoms with Crippen molar-refractivity contribution in [2.45, 2.75) is 12.6 Å². The zero-order valence-corrected chi connectivity index (χ0v) is 8.75. The van der Waals surface area contributed by atoms with Crippen molar-refractivity contribution in [2.75, 3.05) is 6.54 Å². The number of hydrogen-bond donors (Lipinski definition) is 1. The molecule has 0 fully saturated rings. The van der Waals surface area contributed by atoms with Crippen LogP contribution in [0.25, 0.3) is 0 Å². The molecule has 0 aliphatic heterocycles. The van der Waals surface area contributed by atoms with Gasteiger partial charge in [0.1, 0.15) is 0 Å². The second-order valence-corrected chi connectivity index (χ2v) is 3.19. The summed E-state index contributed by atoms with van der Waals surface area (Å²) >= 11 is 0. The molecule has 6 heteroatoms. The minimum absolute atomic E-state index is 0.379. The molecule has 0 aliphatic rings. The van der Waals surface area contributed by atoms with Crippen LogP contribution in [0, 0.1) is 0 Å². The molecular weight excluding hydrogens is 235 g/mol. The first-order chi connectivity index (χ1) is 8.04. The third kappa shape index (κ3) is 4.72. The number of halogens is 3. The summed E-state index contributed by atoms with van der Waals surface area (Å²) in [5, 5.41) is 0. The molecule has 1 N–H and O–H groups in total. The molecule has 1 rings (SSSR count). The first-order valence-electron chi connectivity index (χ1n) is 4.78. The van der Waals surface area contributed by atoms with Crippen molar-refractivity contribution < 1.29 is 22.8 Å². The normalized spacial score (nSPS) is 10.8. The van der Waals surface area contributed by atoms with Gasteiger partial charge in [-0.2, -0.15) is 18.7 Å². The molecule has 0 unspecified atom stereocenters. The van der Waals surface area contributed by atoms with Crippen molar-refractivity contribution in [1.29, 1.82) is 0 Å². The SMILES string of the molecule is O=C=CONCCc1ccc(C(F)(F)F)cc1. The number of carbonyl (C=O) groups excluding carboxylic acids is 1. The highest BCUT2D eigenvalue weighted by Gasteiger charge is 2.29. The van der Waals surface area contributed by atoms with Gasteiger partial charge in [-0.05, 0) is 24.1 Å². The maximum Gasteiger partial charge on any atom is 0.416 e. The Labute approximate surface area is 95.8 Å². The summed E-state index contributed by atoms with van der Waals surface area (Å²) in [6.45, 7) is 0.379. The van der Waals surface area contributed by atoms with Crippen LogP contribution in [0.4, 0.5) is 13.2 Å².